The van der Waals surface area contributed by atoms with Crippen LogP contribution in [0, 0.1) is 0 Å². The minimum absolute atomic E-state index is 0.306. The number of rotatable bonds is 3. The summed E-state index contributed by atoms with van der Waals surface area (Å²) in [5.41, 5.74) is 7.68. The number of anilines is 1. The van der Waals surface area contributed by atoms with Crippen LogP contribution < -0.4 is 5.73 Å². The van der Waals surface area contributed by atoms with E-state index in [1.165, 1.54) is 5.56 Å². The van der Waals surface area contributed by atoms with Crippen molar-refractivity contribution in [3.63, 3.8) is 0 Å². The number of hydrogen-bond donors (Lipinski definition) is 1. The van der Waals surface area contributed by atoms with Crippen molar-refractivity contribution < 1.29 is 4.74 Å². The highest BCUT2D eigenvalue weighted by Gasteiger charge is 2.42. The predicted molar refractivity (Wildman–Crippen MR) is 88.0 cm³/mol. The fraction of sp³-hybridized carbons (Fsp3) is 0.625. The Labute approximate surface area is 141 Å². The molecule has 24 heavy (non-hydrogen) atoms. The Balaban J connectivity index is 1.49. The second-order valence-electron chi connectivity index (χ2n) is 6.50. The Kier molecular flexibility index (Phi) is 3.93. The molecule has 4 rings (SSSR count). The van der Waals surface area contributed by atoms with Crippen LogP contribution in [0.25, 0.3) is 0 Å². The molecule has 0 radical (unpaired) electrons. The first-order valence-electron chi connectivity index (χ1n) is 8.55. The summed E-state index contributed by atoms with van der Waals surface area (Å²) in [5.74, 6) is 1.35. The van der Waals surface area contributed by atoms with Crippen LogP contribution in [0.2, 0.25) is 0 Å². The summed E-state index contributed by atoms with van der Waals surface area (Å²) in [6, 6.07) is 0. The highest BCUT2D eigenvalue weighted by atomic mass is 16.5. The van der Waals surface area contributed by atoms with E-state index in [4.69, 9.17) is 10.5 Å². The quantitative estimate of drug-likeness (QED) is 0.887. The standard InChI is InChI=1S/C16H23N7O/c1-2-23-11-19-21-13(23)10-22-6-4-16(5-7-22)14-12(3-8-24-16)9-18-15(17)20-14/h9,11H,2-8,10H2,1H3,(H2,17,18,20). The van der Waals surface area contributed by atoms with Crippen molar-refractivity contribution in [1.82, 2.24) is 29.6 Å². The molecule has 2 N–H and O–H groups in total. The molecule has 2 aromatic rings. The largest absolute Gasteiger partial charge is 0.368 e. The second-order valence-corrected chi connectivity index (χ2v) is 6.50. The highest BCUT2D eigenvalue weighted by molar-refractivity contribution is 5.32. The molecule has 0 amide bonds. The Morgan fingerprint density at radius 2 is 2.17 bits per heavy atom. The summed E-state index contributed by atoms with van der Waals surface area (Å²) in [6.07, 6.45) is 6.34. The number of likely N-dealkylation sites (tertiary alicyclic amines) is 1. The van der Waals surface area contributed by atoms with Crippen molar-refractivity contribution in [2.75, 3.05) is 25.4 Å². The molecule has 0 aliphatic carbocycles. The topological polar surface area (TPSA) is 95.0 Å². The van der Waals surface area contributed by atoms with Gasteiger partial charge in [-0.3, -0.25) is 4.90 Å². The van der Waals surface area contributed by atoms with Gasteiger partial charge in [-0.2, -0.15) is 0 Å². The van der Waals surface area contributed by atoms with Crippen molar-refractivity contribution in [2.24, 2.45) is 0 Å². The number of ether oxygens (including phenoxy) is 1. The Bertz CT molecular complexity index is 721. The van der Waals surface area contributed by atoms with Crippen LogP contribution in [0.5, 0.6) is 0 Å². The molecule has 1 spiro atoms. The van der Waals surface area contributed by atoms with Crippen molar-refractivity contribution in [2.45, 2.75) is 44.9 Å². The molecule has 0 aromatic carbocycles. The fourth-order valence-electron chi connectivity index (χ4n) is 3.74. The van der Waals surface area contributed by atoms with E-state index >= 15 is 0 Å². The van der Waals surface area contributed by atoms with Crippen LogP contribution in [-0.2, 0) is 29.8 Å². The summed E-state index contributed by atoms with van der Waals surface area (Å²) >= 11 is 0. The fourth-order valence-corrected chi connectivity index (χ4v) is 3.74. The molecule has 2 aliphatic heterocycles. The van der Waals surface area contributed by atoms with Gasteiger partial charge in [-0.15, -0.1) is 10.2 Å². The first kappa shape index (κ1) is 15.5. The van der Waals surface area contributed by atoms with E-state index in [2.05, 4.69) is 36.6 Å². The normalized spacial score (nSPS) is 20.2. The van der Waals surface area contributed by atoms with Gasteiger partial charge in [0.1, 0.15) is 17.8 Å². The lowest BCUT2D eigenvalue weighted by Gasteiger charge is -2.43. The molecule has 0 saturated carbocycles. The van der Waals surface area contributed by atoms with Gasteiger partial charge in [-0.1, -0.05) is 0 Å². The lowest BCUT2D eigenvalue weighted by atomic mass is 9.83. The zero-order valence-electron chi connectivity index (χ0n) is 14.0. The molecule has 0 unspecified atom stereocenters. The average molecular weight is 329 g/mol. The highest BCUT2D eigenvalue weighted by Crippen LogP contribution is 2.40. The van der Waals surface area contributed by atoms with Crippen molar-refractivity contribution in [1.29, 1.82) is 0 Å². The maximum absolute atomic E-state index is 6.21. The zero-order valence-corrected chi connectivity index (χ0v) is 14.0. The van der Waals surface area contributed by atoms with Gasteiger partial charge in [0.15, 0.2) is 0 Å². The van der Waals surface area contributed by atoms with Crippen LogP contribution in [-0.4, -0.2) is 49.3 Å². The minimum Gasteiger partial charge on any atom is -0.368 e. The van der Waals surface area contributed by atoms with E-state index in [1.54, 1.807) is 6.33 Å². The smallest absolute Gasteiger partial charge is 0.220 e. The van der Waals surface area contributed by atoms with Gasteiger partial charge in [-0.05, 0) is 31.7 Å². The average Bonchev–Trinajstić information content (AvgIpc) is 3.05. The molecular formula is C16H23N7O. The minimum atomic E-state index is -0.306. The summed E-state index contributed by atoms with van der Waals surface area (Å²) in [4.78, 5) is 11.1. The zero-order chi connectivity index (χ0) is 16.6. The Morgan fingerprint density at radius 3 is 2.96 bits per heavy atom. The maximum atomic E-state index is 6.21. The molecule has 0 bridgehead atoms. The van der Waals surface area contributed by atoms with E-state index in [0.717, 1.165) is 63.6 Å². The molecule has 8 heteroatoms. The number of nitrogen functional groups attached to an aromatic ring is 1. The SMILES string of the molecule is CCn1cnnc1CN1CCC2(CC1)OCCc1cnc(N)nc12. The third-order valence-electron chi connectivity index (χ3n) is 5.13. The van der Waals surface area contributed by atoms with E-state index in [-0.39, 0.29) is 5.60 Å². The van der Waals surface area contributed by atoms with Gasteiger partial charge in [0.05, 0.1) is 18.8 Å². The summed E-state index contributed by atoms with van der Waals surface area (Å²) in [5, 5.41) is 8.25. The van der Waals surface area contributed by atoms with Crippen LogP contribution >= 0.6 is 0 Å². The van der Waals surface area contributed by atoms with Gasteiger partial charge >= 0.3 is 0 Å². The van der Waals surface area contributed by atoms with Crippen LogP contribution in [0.3, 0.4) is 0 Å². The number of fused-ring (bicyclic) bond motifs is 2. The van der Waals surface area contributed by atoms with Gasteiger partial charge in [0.25, 0.3) is 0 Å². The van der Waals surface area contributed by atoms with Crippen molar-refractivity contribution in [3.05, 3.63) is 29.6 Å². The van der Waals surface area contributed by atoms with Gasteiger partial charge in [0.2, 0.25) is 5.95 Å². The molecule has 2 aliphatic rings. The van der Waals surface area contributed by atoms with E-state index in [9.17, 15) is 0 Å². The Morgan fingerprint density at radius 1 is 1.33 bits per heavy atom. The monoisotopic (exact) mass is 329 g/mol. The molecule has 0 atom stereocenters. The second kappa shape index (κ2) is 6.10. The number of aryl methyl sites for hydroxylation is 1. The molecule has 2 aromatic heterocycles. The van der Waals surface area contributed by atoms with Crippen LogP contribution in [0.4, 0.5) is 5.95 Å². The maximum Gasteiger partial charge on any atom is 0.220 e. The number of nitrogens with two attached hydrogens (primary N) is 1. The van der Waals surface area contributed by atoms with E-state index in [1.807, 2.05) is 6.20 Å². The molecule has 1 saturated heterocycles. The summed E-state index contributed by atoms with van der Waals surface area (Å²) < 4.78 is 8.30. The molecule has 128 valence electrons. The van der Waals surface area contributed by atoms with E-state index in [0.29, 0.717) is 5.95 Å². The number of hydrogen-bond acceptors (Lipinski definition) is 7. The first-order chi connectivity index (χ1) is 11.7. The lowest BCUT2D eigenvalue weighted by Crippen LogP contribution is -2.47. The number of piperidine rings is 1. The number of aromatic nitrogens is 5. The summed E-state index contributed by atoms with van der Waals surface area (Å²) in [6.45, 7) is 6.44. The predicted octanol–water partition coefficient (Wildman–Crippen LogP) is 0.734. The van der Waals surface area contributed by atoms with Crippen LogP contribution in [0.15, 0.2) is 12.5 Å². The van der Waals surface area contributed by atoms with Gasteiger partial charge in [-0.25, -0.2) is 9.97 Å². The van der Waals surface area contributed by atoms with Gasteiger partial charge < -0.3 is 15.0 Å². The van der Waals surface area contributed by atoms with Crippen molar-refractivity contribution >= 4 is 5.95 Å². The lowest BCUT2D eigenvalue weighted by molar-refractivity contribution is -0.102. The molecule has 8 nitrogen and oxygen atoms in total. The molecule has 4 heterocycles. The first-order valence-corrected chi connectivity index (χ1v) is 8.55. The van der Waals surface area contributed by atoms with Gasteiger partial charge in [0, 0.05) is 25.8 Å². The number of nitrogens with zero attached hydrogens (tertiary/aromatic N) is 6. The van der Waals surface area contributed by atoms with Crippen molar-refractivity contribution in [3.8, 4) is 0 Å². The summed E-state index contributed by atoms with van der Waals surface area (Å²) in [7, 11) is 0. The Hall–Kier alpha value is -2.06. The van der Waals surface area contributed by atoms with E-state index < -0.39 is 0 Å². The third-order valence-corrected chi connectivity index (χ3v) is 5.13. The third kappa shape index (κ3) is 2.65. The molecular weight excluding hydrogens is 306 g/mol. The van der Waals surface area contributed by atoms with Crippen LogP contribution in [0.1, 0.15) is 36.8 Å². The molecule has 1 fully saturated rings.